The second kappa shape index (κ2) is 7.27. The average Bonchev–Trinajstić information content (AvgIpc) is 2.96. The molecule has 3 aromatic rings. The van der Waals surface area contributed by atoms with Crippen LogP contribution in [-0.4, -0.2) is 22.9 Å². The van der Waals surface area contributed by atoms with E-state index in [1.165, 1.54) is 7.11 Å². The van der Waals surface area contributed by atoms with E-state index in [-0.39, 0.29) is 0 Å². The normalized spacial score (nSPS) is 10.4. The number of nitrogens with zero attached hydrogens (tertiary/aromatic N) is 2. The summed E-state index contributed by atoms with van der Waals surface area (Å²) in [5.41, 5.74) is 2.49. The fourth-order valence-corrected chi connectivity index (χ4v) is 2.69. The van der Waals surface area contributed by atoms with Crippen molar-refractivity contribution in [2.24, 2.45) is 7.05 Å². The Balaban J connectivity index is 1.70. The third-order valence-electron chi connectivity index (χ3n) is 3.60. The summed E-state index contributed by atoms with van der Waals surface area (Å²) in [6.07, 6.45) is 0. The number of urea groups is 1. The van der Waals surface area contributed by atoms with Crippen LogP contribution in [0, 0.1) is 0 Å². The lowest BCUT2D eigenvalue weighted by Gasteiger charge is -2.08. The summed E-state index contributed by atoms with van der Waals surface area (Å²) >= 11 is 6.05. The van der Waals surface area contributed by atoms with Crippen molar-refractivity contribution >= 4 is 29.1 Å². The van der Waals surface area contributed by atoms with Crippen LogP contribution in [0.3, 0.4) is 0 Å². The van der Waals surface area contributed by atoms with Gasteiger partial charge in [0, 0.05) is 18.8 Å². The minimum atomic E-state index is -0.404. The minimum Gasteiger partial charge on any atom is -0.495 e. The van der Waals surface area contributed by atoms with Crippen LogP contribution in [0.1, 0.15) is 0 Å². The molecular weight excluding hydrogens is 340 g/mol. The lowest BCUT2D eigenvalue weighted by molar-refractivity contribution is 0.262. The first-order valence-electron chi connectivity index (χ1n) is 7.58. The Kier molecular flexibility index (Phi) is 4.90. The first kappa shape index (κ1) is 16.9. The van der Waals surface area contributed by atoms with Gasteiger partial charge in [-0.05, 0) is 23.8 Å². The SMILES string of the molecule is COc1ccc(NC(=O)Nc2cc(-c3ccccc3)n(C)n2)cc1Cl. The molecular formula is C18H17ClN4O2. The van der Waals surface area contributed by atoms with E-state index in [0.29, 0.717) is 22.3 Å². The first-order valence-corrected chi connectivity index (χ1v) is 7.95. The highest BCUT2D eigenvalue weighted by Gasteiger charge is 2.11. The van der Waals surface area contributed by atoms with Crippen LogP contribution in [0.4, 0.5) is 16.3 Å². The molecule has 0 aliphatic rings. The van der Waals surface area contributed by atoms with Crippen molar-refractivity contribution in [1.82, 2.24) is 9.78 Å². The number of ether oxygens (including phenoxy) is 1. The molecule has 0 spiro atoms. The van der Waals surface area contributed by atoms with Crippen LogP contribution >= 0.6 is 11.6 Å². The van der Waals surface area contributed by atoms with E-state index in [0.717, 1.165) is 11.3 Å². The Morgan fingerprint density at radius 3 is 2.56 bits per heavy atom. The van der Waals surface area contributed by atoms with Crippen molar-refractivity contribution < 1.29 is 9.53 Å². The third kappa shape index (κ3) is 3.92. The van der Waals surface area contributed by atoms with Crippen molar-refractivity contribution in [3.8, 4) is 17.0 Å². The van der Waals surface area contributed by atoms with Crippen molar-refractivity contribution in [3.05, 3.63) is 59.6 Å². The van der Waals surface area contributed by atoms with Crippen LogP contribution in [0.25, 0.3) is 11.3 Å². The number of nitrogens with one attached hydrogen (secondary N) is 2. The molecule has 2 aromatic carbocycles. The highest BCUT2D eigenvalue weighted by atomic mass is 35.5. The van der Waals surface area contributed by atoms with E-state index in [4.69, 9.17) is 16.3 Å². The summed E-state index contributed by atoms with van der Waals surface area (Å²) < 4.78 is 6.80. The largest absolute Gasteiger partial charge is 0.495 e. The van der Waals surface area contributed by atoms with Crippen molar-refractivity contribution in [2.45, 2.75) is 0 Å². The number of hydrogen-bond donors (Lipinski definition) is 2. The molecule has 1 aromatic heterocycles. The van der Waals surface area contributed by atoms with E-state index in [2.05, 4.69) is 15.7 Å². The van der Waals surface area contributed by atoms with Crippen LogP contribution in [0.2, 0.25) is 5.02 Å². The van der Waals surface area contributed by atoms with Crippen LogP contribution in [-0.2, 0) is 7.05 Å². The van der Waals surface area contributed by atoms with Crippen molar-refractivity contribution in [3.63, 3.8) is 0 Å². The second-order valence-electron chi connectivity index (χ2n) is 5.33. The zero-order valence-electron chi connectivity index (χ0n) is 13.8. The number of aromatic nitrogens is 2. The molecule has 3 rings (SSSR count). The van der Waals surface area contributed by atoms with E-state index in [1.54, 1.807) is 22.9 Å². The van der Waals surface area contributed by atoms with E-state index >= 15 is 0 Å². The predicted octanol–water partition coefficient (Wildman–Crippen LogP) is 4.39. The molecule has 0 bridgehead atoms. The number of hydrogen-bond acceptors (Lipinski definition) is 3. The fraction of sp³-hybridized carbons (Fsp3) is 0.111. The van der Waals surface area contributed by atoms with Gasteiger partial charge in [0.15, 0.2) is 5.82 Å². The van der Waals surface area contributed by atoms with Gasteiger partial charge in [0.25, 0.3) is 0 Å². The van der Waals surface area contributed by atoms with Gasteiger partial charge in [-0.25, -0.2) is 4.79 Å². The summed E-state index contributed by atoms with van der Waals surface area (Å²) in [5.74, 6) is 1.00. The van der Waals surface area contributed by atoms with E-state index in [1.807, 2.05) is 43.4 Å². The quantitative estimate of drug-likeness (QED) is 0.728. The predicted molar refractivity (Wildman–Crippen MR) is 99.3 cm³/mol. The molecule has 1 heterocycles. The molecule has 0 unspecified atom stereocenters. The van der Waals surface area contributed by atoms with Gasteiger partial charge in [0.05, 0.1) is 17.8 Å². The molecule has 2 amide bonds. The molecule has 0 saturated carbocycles. The maximum absolute atomic E-state index is 12.2. The van der Waals surface area contributed by atoms with Gasteiger partial charge in [-0.15, -0.1) is 0 Å². The number of benzene rings is 2. The zero-order valence-corrected chi connectivity index (χ0v) is 14.5. The maximum atomic E-state index is 12.2. The van der Waals surface area contributed by atoms with Crippen LogP contribution in [0.15, 0.2) is 54.6 Å². The van der Waals surface area contributed by atoms with Crippen molar-refractivity contribution in [1.29, 1.82) is 0 Å². The summed E-state index contributed by atoms with van der Waals surface area (Å²) in [6.45, 7) is 0. The molecule has 0 fully saturated rings. The molecule has 0 aliphatic heterocycles. The molecule has 6 nitrogen and oxygen atoms in total. The molecule has 128 valence electrons. The number of amides is 2. The van der Waals surface area contributed by atoms with Gasteiger partial charge in [-0.3, -0.25) is 10.00 Å². The number of methoxy groups -OCH3 is 1. The molecule has 0 aliphatic carbocycles. The number of carbonyl (C=O) groups excluding carboxylic acids is 1. The lowest BCUT2D eigenvalue weighted by atomic mass is 10.1. The summed E-state index contributed by atoms with van der Waals surface area (Å²) in [4.78, 5) is 12.2. The zero-order chi connectivity index (χ0) is 17.8. The Morgan fingerprint density at radius 2 is 1.88 bits per heavy atom. The number of anilines is 2. The van der Waals surface area contributed by atoms with E-state index < -0.39 is 6.03 Å². The monoisotopic (exact) mass is 356 g/mol. The Labute approximate surface area is 150 Å². The van der Waals surface area contributed by atoms with Gasteiger partial charge >= 0.3 is 6.03 Å². The molecule has 0 atom stereocenters. The van der Waals surface area contributed by atoms with Gasteiger partial charge in [0.2, 0.25) is 0 Å². The Bertz CT molecular complexity index is 893. The smallest absolute Gasteiger partial charge is 0.324 e. The summed E-state index contributed by atoms with van der Waals surface area (Å²) in [7, 11) is 3.36. The minimum absolute atomic E-state index is 0.404. The number of rotatable bonds is 4. The topological polar surface area (TPSA) is 68.2 Å². The molecule has 25 heavy (non-hydrogen) atoms. The van der Waals surface area contributed by atoms with Gasteiger partial charge < -0.3 is 10.1 Å². The highest BCUT2D eigenvalue weighted by Crippen LogP contribution is 2.27. The standard InChI is InChI=1S/C18H17ClN4O2/c1-23-15(12-6-4-3-5-7-12)11-17(22-23)21-18(24)20-13-8-9-16(25-2)14(19)10-13/h3-11H,1-2H3,(H2,20,21,22,24). The van der Waals surface area contributed by atoms with E-state index in [9.17, 15) is 4.79 Å². The number of aryl methyl sites for hydroxylation is 1. The summed E-state index contributed by atoms with van der Waals surface area (Å²) in [6, 6.07) is 16.3. The van der Waals surface area contributed by atoms with Crippen LogP contribution in [0.5, 0.6) is 5.75 Å². The maximum Gasteiger partial charge on any atom is 0.324 e. The van der Waals surface area contributed by atoms with Gasteiger partial charge in [0.1, 0.15) is 5.75 Å². The number of carbonyl (C=O) groups is 1. The second-order valence-corrected chi connectivity index (χ2v) is 5.74. The molecule has 0 saturated heterocycles. The Morgan fingerprint density at radius 1 is 1.12 bits per heavy atom. The lowest BCUT2D eigenvalue weighted by Crippen LogP contribution is -2.19. The molecule has 2 N–H and O–H groups in total. The Hall–Kier alpha value is -2.99. The van der Waals surface area contributed by atoms with Crippen molar-refractivity contribution in [2.75, 3.05) is 17.7 Å². The van der Waals surface area contributed by atoms with Crippen LogP contribution < -0.4 is 15.4 Å². The fourth-order valence-electron chi connectivity index (χ4n) is 2.43. The first-order chi connectivity index (χ1) is 12.1. The molecule has 7 heteroatoms. The summed E-state index contributed by atoms with van der Waals surface area (Å²) in [5, 5.41) is 10.2. The average molecular weight is 357 g/mol. The third-order valence-corrected chi connectivity index (χ3v) is 3.90. The highest BCUT2D eigenvalue weighted by molar-refractivity contribution is 6.32. The molecule has 0 radical (unpaired) electrons. The van der Waals surface area contributed by atoms with Gasteiger partial charge in [-0.2, -0.15) is 5.10 Å². The number of halogens is 1. The van der Waals surface area contributed by atoms with Gasteiger partial charge in [-0.1, -0.05) is 41.9 Å².